The summed E-state index contributed by atoms with van der Waals surface area (Å²) in [6.07, 6.45) is 8.24. The monoisotopic (exact) mass is 277 g/mol. The molecule has 1 heterocycles. The third-order valence-corrected chi connectivity index (χ3v) is 4.65. The van der Waals surface area contributed by atoms with E-state index >= 15 is 0 Å². The van der Waals surface area contributed by atoms with Crippen molar-refractivity contribution in [2.45, 2.75) is 52.9 Å². The van der Waals surface area contributed by atoms with E-state index in [1.54, 1.807) is 0 Å². The molecule has 1 aromatic heterocycles. The van der Waals surface area contributed by atoms with Crippen LogP contribution in [-0.2, 0) is 7.05 Å². The summed E-state index contributed by atoms with van der Waals surface area (Å²) in [6.45, 7) is 11.6. The summed E-state index contributed by atoms with van der Waals surface area (Å²) in [7, 11) is 2.02. The van der Waals surface area contributed by atoms with Gasteiger partial charge in [-0.3, -0.25) is 4.68 Å². The highest BCUT2D eigenvalue weighted by Crippen LogP contribution is 2.46. The molecule has 1 aliphatic rings. The molecule has 1 aliphatic carbocycles. The fraction of sp³-hybridized carbons (Fsp3) is 0.824. The lowest BCUT2D eigenvalue weighted by Crippen LogP contribution is -2.35. The first-order valence-electron chi connectivity index (χ1n) is 8.06. The highest BCUT2D eigenvalue weighted by atomic mass is 15.2. The molecule has 0 aliphatic heterocycles. The zero-order valence-corrected chi connectivity index (χ0v) is 13.8. The van der Waals surface area contributed by atoms with Crippen molar-refractivity contribution in [3.8, 4) is 0 Å². The number of nitrogens with one attached hydrogen (secondary N) is 1. The molecule has 0 bridgehead atoms. The summed E-state index contributed by atoms with van der Waals surface area (Å²) in [4.78, 5) is 0. The summed E-state index contributed by atoms with van der Waals surface area (Å²) in [5.41, 5.74) is 1.89. The average Bonchev–Trinajstić information content (AvgIpc) is 2.77. The largest absolute Gasteiger partial charge is 0.316 e. The van der Waals surface area contributed by atoms with Gasteiger partial charge in [0, 0.05) is 13.2 Å². The molecule has 1 aromatic rings. The van der Waals surface area contributed by atoms with Crippen LogP contribution in [0.5, 0.6) is 0 Å². The maximum absolute atomic E-state index is 4.38. The zero-order valence-electron chi connectivity index (χ0n) is 13.8. The van der Waals surface area contributed by atoms with E-state index in [1.165, 1.54) is 24.8 Å². The first-order valence-corrected chi connectivity index (χ1v) is 8.06. The minimum absolute atomic E-state index is 0.467. The van der Waals surface area contributed by atoms with E-state index in [0.29, 0.717) is 11.3 Å². The fourth-order valence-corrected chi connectivity index (χ4v) is 3.46. The third-order valence-electron chi connectivity index (χ3n) is 4.65. The van der Waals surface area contributed by atoms with Gasteiger partial charge in [0.2, 0.25) is 0 Å². The van der Waals surface area contributed by atoms with Crippen LogP contribution >= 0.6 is 0 Å². The van der Waals surface area contributed by atoms with E-state index in [0.717, 1.165) is 24.9 Å². The quantitative estimate of drug-likeness (QED) is 0.891. The van der Waals surface area contributed by atoms with Crippen molar-refractivity contribution in [3.63, 3.8) is 0 Å². The molecule has 114 valence electrons. The lowest BCUT2D eigenvalue weighted by molar-refractivity contribution is 0.159. The molecular weight excluding hydrogens is 246 g/mol. The Kier molecular flexibility index (Phi) is 4.90. The van der Waals surface area contributed by atoms with Crippen molar-refractivity contribution >= 4 is 0 Å². The maximum Gasteiger partial charge on any atom is 0.0524 e. The summed E-state index contributed by atoms with van der Waals surface area (Å²) >= 11 is 0. The molecule has 0 radical (unpaired) electrons. The summed E-state index contributed by atoms with van der Waals surface area (Å²) in [5, 5.41) is 8.04. The number of nitrogens with zero attached hydrogens (tertiary/aromatic N) is 2. The highest BCUT2D eigenvalue weighted by molar-refractivity contribution is 5.15. The van der Waals surface area contributed by atoms with Gasteiger partial charge in [-0.05, 0) is 61.1 Å². The Hall–Kier alpha value is -0.830. The SMILES string of the molecule is CC(C)CNCC1CCC(C)(C)CC1c1cnn(C)c1. The van der Waals surface area contributed by atoms with Gasteiger partial charge in [0.05, 0.1) is 6.20 Å². The second-order valence-corrected chi connectivity index (χ2v) is 7.77. The molecule has 0 aromatic carbocycles. The normalized spacial score (nSPS) is 26.1. The van der Waals surface area contributed by atoms with Crippen molar-refractivity contribution in [2.75, 3.05) is 13.1 Å². The third kappa shape index (κ3) is 4.08. The molecule has 1 saturated carbocycles. The van der Waals surface area contributed by atoms with Gasteiger partial charge in [-0.2, -0.15) is 5.10 Å². The number of hydrogen-bond acceptors (Lipinski definition) is 2. The van der Waals surface area contributed by atoms with E-state index < -0.39 is 0 Å². The van der Waals surface area contributed by atoms with E-state index in [-0.39, 0.29) is 0 Å². The van der Waals surface area contributed by atoms with Crippen LogP contribution in [0.25, 0.3) is 0 Å². The molecule has 20 heavy (non-hydrogen) atoms. The number of aromatic nitrogens is 2. The van der Waals surface area contributed by atoms with Crippen LogP contribution in [0.1, 0.15) is 58.4 Å². The lowest BCUT2D eigenvalue weighted by Gasteiger charge is -2.41. The molecule has 0 spiro atoms. The topological polar surface area (TPSA) is 29.9 Å². The summed E-state index contributed by atoms with van der Waals surface area (Å²) < 4.78 is 1.94. The van der Waals surface area contributed by atoms with Crippen molar-refractivity contribution in [1.29, 1.82) is 0 Å². The molecule has 3 nitrogen and oxygen atoms in total. The van der Waals surface area contributed by atoms with Gasteiger partial charge in [0.15, 0.2) is 0 Å². The Morgan fingerprint density at radius 2 is 2.20 bits per heavy atom. The smallest absolute Gasteiger partial charge is 0.0524 e. The van der Waals surface area contributed by atoms with Crippen LogP contribution in [-0.4, -0.2) is 22.9 Å². The van der Waals surface area contributed by atoms with Crippen LogP contribution in [0, 0.1) is 17.3 Å². The molecule has 1 N–H and O–H groups in total. The van der Waals surface area contributed by atoms with Gasteiger partial charge in [-0.1, -0.05) is 27.7 Å². The molecule has 0 saturated heterocycles. The minimum Gasteiger partial charge on any atom is -0.316 e. The van der Waals surface area contributed by atoms with E-state index in [2.05, 4.69) is 50.5 Å². The van der Waals surface area contributed by atoms with Crippen LogP contribution in [0.2, 0.25) is 0 Å². The van der Waals surface area contributed by atoms with Gasteiger partial charge < -0.3 is 5.32 Å². The summed E-state index contributed by atoms with van der Waals surface area (Å²) in [6, 6.07) is 0. The number of rotatable bonds is 5. The first-order chi connectivity index (χ1) is 9.37. The number of hydrogen-bond donors (Lipinski definition) is 1. The predicted molar refractivity (Wildman–Crippen MR) is 84.8 cm³/mol. The van der Waals surface area contributed by atoms with Crippen LogP contribution in [0.4, 0.5) is 0 Å². The Bertz CT molecular complexity index is 420. The average molecular weight is 277 g/mol. The Balaban J connectivity index is 2.04. The van der Waals surface area contributed by atoms with Crippen molar-refractivity contribution < 1.29 is 0 Å². The van der Waals surface area contributed by atoms with E-state index in [4.69, 9.17) is 0 Å². The van der Waals surface area contributed by atoms with Gasteiger partial charge >= 0.3 is 0 Å². The van der Waals surface area contributed by atoms with Crippen LogP contribution in [0.15, 0.2) is 12.4 Å². The maximum atomic E-state index is 4.38. The Morgan fingerprint density at radius 3 is 2.80 bits per heavy atom. The standard InChI is InChI=1S/C17H31N3/c1-13(2)9-18-10-14-6-7-17(3,4)8-16(14)15-11-19-20(5)12-15/h11-14,16,18H,6-10H2,1-5H3. The highest BCUT2D eigenvalue weighted by Gasteiger charge is 2.35. The zero-order chi connectivity index (χ0) is 14.8. The van der Waals surface area contributed by atoms with Gasteiger partial charge in [-0.15, -0.1) is 0 Å². The van der Waals surface area contributed by atoms with E-state index in [1.807, 2.05) is 11.7 Å². The molecule has 2 atom stereocenters. The van der Waals surface area contributed by atoms with Gasteiger partial charge in [-0.25, -0.2) is 0 Å². The fourth-order valence-electron chi connectivity index (χ4n) is 3.46. The molecule has 3 heteroatoms. The van der Waals surface area contributed by atoms with Crippen molar-refractivity contribution in [3.05, 3.63) is 18.0 Å². The molecule has 2 rings (SSSR count). The molecule has 0 amide bonds. The van der Waals surface area contributed by atoms with Crippen LogP contribution < -0.4 is 5.32 Å². The molecule has 2 unspecified atom stereocenters. The van der Waals surface area contributed by atoms with Gasteiger partial charge in [0.25, 0.3) is 0 Å². The molecule has 1 fully saturated rings. The summed E-state index contributed by atoms with van der Waals surface area (Å²) in [5.74, 6) is 2.14. The van der Waals surface area contributed by atoms with Gasteiger partial charge in [0.1, 0.15) is 0 Å². The number of aryl methyl sites for hydroxylation is 1. The van der Waals surface area contributed by atoms with Crippen molar-refractivity contribution in [2.24, 2.45) is 24.3 Å². The van der Waals surface area contributed by atoms with E-state index in [9.17, 15) is 0 Å². The Morgan fingerprint density at radius 1 is 1.45 bits per heavy atom. The Labute approximate surface area is 124 Å². The second-order valence-electron chi connectivity index (χ2n) is 7.77. The van der Waals surface area contributed by atoms with Crippen molar-refractivity contribution in [1.82, 2.24) is 15.1 Å². The first kappa shape index (κ1) is 15.6. The molecular formula is C17H31N3. The predicted octanol–water partition coefficient (Wildman–Crippen LogP) is 3.58. The second kappa shape index (κ2) is 6.30. The minimum atomic E-state index is 0.467. The lowest BCUT2D eigenvalue weighted by atomic mass is 9.65. The van der Waals surface area contributed by atoms with Crippen LogP contribution in [0.3, 0.4) is 0 Å².